The van der Waals surface area contributed by atoms with Gasteiger partial charge in [0.15, 0.2) is 0 Å². The first-order chi connectivity index (χ1) is 9.23. The predicted molar refractivity (Wildman–Crippen MR) is 94.7 cm³/mol. The lowest BCUT2D eigenvalue weighted by Crippen LogP contribution is -2.34. The highest BCUT2D eigenvalue weighted by Gasteiger charge is 2.20. The SMILES string of the molecule is CC(C)C(CNC(=O)c1cc(Cl)cc(Cl)c1I)C(C)C. The van der Waals surface area contributed by atoms with Crippen molar-refractivity contribution in [2.75, 3.05) is 6.54 Å². The Kier molecular flexibility index (Phi) is 7.09. The molecule has 1 aromatic rings. The topological polar surface area (TPSA) is 29.1 Å². The van der Waals surface area contributed by atoms with Crippen molar-refractivity contribution in [2.45, 2.75) is 27.7 Å². The van der Waals surface area contributed by atoms with Crippen LogP contribution in [0.1, 0.15) is 38.1 Å². The van der Waals surface area contributed by atoms with E-state index in [4.69, 9.17) is 23.2 Å². The maximum absolute atomic E-state index is 12.3. The van der Waals surface area contributed by atoms with Crippen molar-refractivity contribution < 1.29 is 4.79 Å². The Bertz CT molecular complexity index is 481. The van der Waals surface area contributed by atoms with Gasteiger partial charge in [-0.3, -0.25) is 4.79 Å². The van der Waals surface area contributed by atoms with Gasteiger partial charge in [-0.25, -0.2) is 0 Å². The predicted octanol–water partition coefficient (Wildman–Crippen LogP) is 5.26. The van der Waals surface area contributed by atoms with Crippen molar-refractivity contribution in [3.05, 3.63) is 31.3 Å². The van der Waals surface area contributed by atoms with Crippen molar-refractivity contribution in [2.24, 2.45) is 17.8 Å². The van der Waals surface area contributed by atoms with Crippen molar-refractivity contribution in [1.82, 2.24) is 5.32 Å². The lowest BCUT2D eigenvalue weighted by atomic mass is 9.85. The summed E-state index contributed by atoms with van der Waals surface area (Å²) in [6, 6.07) is 3.30. The molecule has 0 unspecified atom stereocenters. The van der Waals surface area contributed by atoms with Gasteiger partial charge in [0.25, 0.3) is 5.91 Å². The molecule has 0 aromatic heterocycles. The van der Waals surface area contributed by atoms with Gasteiger partial charge in [-0.05, 0) is 52.5 Å². The third-order valence-corrected chi connectivity index (χ3v) is 5.45. The Labute approximate surface area is 144 Å². The molecule has 0 aliphatic heterocycles. The van der Waals surface area contributed by atoms with E-state index in [2.05, 4.69) is 55.6 Å². The number of rotatable bonds is 5. The molecule has 0 bridgehead atoms. The molecule has 1 rings (SSSR count). The number of benzene rings is 1. The van der Waals surface area contributed by atoms with Crippen molar-refractivity contribution in [3.63, 3.8) is 0 Å². The second-order valence-electron chi connectivity index (χ2n) is 5.61. The van der Waals surface area contributed by atoms with E-state index in [1.807, 2.05) is 0 Å². The number of nitrogens with one attached hydrogen (secondary N) is 1. The first-order valence-electron chi connectivity index (χ1n) is 6.66. The number of hydrogen-bond acceptors (Lipinski definition) is 1. The minimum atomic E-state index is -0.120. The number of amides is 1. The molecule has 0 spiro atoms. The fourth-order valence-electron chi connectivity index (χ4n) is 2.27. The zero-order chi connectivity index (χ0) is 15.4. The van der Waals surface area contributed by atoms with Crippen LogP contribution >= 0.6 is 45.8 Å². The summed E-state index contributed by atoms with van der Waals surface area (Å²) < 4.78 is 0.733. The van der Waals surface area contributed by atoms with Crippen LogP contribution in [0.2, 0.25) is 10.0 Å². The van der Waals surface area contributed by atoms with E-state index in [1.165, 1.54) is 0 Å². The fourth-order valence-corrected chi connectivity index (χ4v) is 3.32. The Hall–Kier alpha value is -0.000000000000000111. The molecule has 0 fully saturated rings. The van der Waals surface area contributed by atoms with Crippen LogP contribution in [0.3, 0.4) is 0 Å². The second kappa shape index (κ2) is 7.85. The van der Waals surface area contributed by atoms with E-state index in [0.29, 0.717) is 39.9 Å². The van der Waals surface area contributed by atoms with E-state index in [9.17, 15) is 4.79 Å². The third-order valence-electron chi connectivity index (χ3n) is 3.45. The van der Waals surface area contributed by atoms with Crippen LogP contribution < -0.4 is 5.32 Å². The quantitative estimate of drug-likeness (QED) is 0.504. The molecule has 1 N–H and O–H groups in total. The van der Waals surface area contributed by atoms with Gasteiger partial charge in [0.05, 0.1) is 10.6 Å². The monoisotopic (exact) mass is 427 g/mol. The average molecular weight is 428 g/mol. The van der Waals surface area contributed by atoms with Crippen molar-refractivity contribution >= 4 is 51.7 Å². The molecule has 0 aliphatic carbocycles. The Morgan fingerprint density at radius 1 is 1.20 bits per heavy atom. The van der Waals surface area contributed by atoms with Gasteiger partial charge in [-0.15, -0.1) is 0 Å². The first kappa shape index (κ1) is 18.1. The maximum Gasteiger partial charge on any atom is 0.252 e. The Morgan fingerprint density at radius 2 is 1.75 bits per heavy atom. The van der Waals surface area contributed by atoms with Gasteiger partial charge in [-0.2, -0.15) is 0 Å². The van der Waals surface area contributed by atoms with Gasteiger partial charge in [0.2, 0.25) is 0 Å². The zero-order valence-corrected chi connectivity index (χ0v) is 15.8. The molecule has 0 atom stereocenters. The van der Waals surface area contributed by atoms with E-state index < -0.39 is 0 Å². The van der Waals surface area contributed by atoms with Gasteiger partial charge >= 0.3 is 0 Å². The van der Waals surface area contributed by atoms with Gasteiger partial charge in [0.1, 0.15) is 0 Å². The number of halogens is 3. The zero-order valence-electron chi connectivity index (χ0n) is 12.1. The van der Waals surface area contributed by atoms with Crippen LogP contribution in [0, 0.1) is 21.3 Å². The Morgan fingerprint density at radius 3 is 2.25 bits per heavy atom. The molecular formula is C15H20Cl2INO. The summed E-state index contributed by atoms with van der Waals surface area (Å²) in [5, 5.41) is 3.98. The normalized spacial score (nSPS) is 11.5. The Balaban J connectivity index is 2.82. The second-order valence-corrected chi connectivity index (χ2v) is 7.53. The highest BCUT2D eigenvalue weighted by Crippen LogP contribution is 2.27. The highest BCUT2D eigenvalue weighted by atomic mass is 127. The summed E-state index contributed by atoms with van der Waals surface area (Å²) >= 11 is 14.1. The fraction of sp³-hybridized carbons (Fsp3) is 0.533. The number of carbonyl (C=O) groups is 1. The molecule has 5 heteroatoms. The summed E-state index contributed by atoms with van der Waals surface area (Å²) in [4.78, 5) is 12.3. The van der Waals surface area contributed by atoms with Gasteiger partial charge in [0, 0.05) is 15.1 Å². The summed E-state index contributed by atoms with van der Waals surface area (Å²) in [5.41, 5.74) is 0.536. The minimum absolute atomic E-state index is 0.120. The standard InChI is InChI=1S/C15H20Cl2INO/c1-8(2)12(9(3)4)7-19-15(20)11-5-10(16)6-13(17)14(11)18/h5-6,8-9,12H,7H2,1-4H3,(H,19,20). The molecule has 112 valence electrons. The molecule has 20 heavy (non-hydrogen) atoms. The van der Waals surface area contributed by atoms with Crippen LogP contribution in [0.15, 0.2) is 12.1 Å². The van der Waals surface area contributed by atoms with E-state index in [-0.39, 0.29) is 5.91 Å². The van der Waals surface area contributed by atoms with E-state index in [1.54, 1.807) is 12.1 Å². The van der Waals surface area contributed by atoms with Crippen LogP contribution in [0.5, 0.6) is 0 Å². The summed E-state index contributed by atoms with van der Waals surface area (Å²) in [6.45, 7) is 9.37. The minimum Gasteiger partial charge on any atom is -0.352 e. The average Bonchev–Trinajstić information content (AvgIpc) is 2.32. The van der Waals surface area contributed by atoms with E-state index in [0.717, 1.165) is 3.57 Å². The summed E-state index contributed by atoms with van der Waals surface area (Å²) in [6.07, 6.45) is 0. The van der Waals surface area contributed by atoms with Crippen LogP contribution in [-0.2, 0) is 0 Å². The smallest absolute Gasteiger partial charge is 0.252 e. The molecule has 0 saturated carbocycles. The molecule has 0 radical (unpaired) electrons. The van der Waals surface area contributed by atoms with Gasteiger partial charge in [-0.1, -0.05) is 50.9 Å². The molecule has 0 aliphatic rings. The molecule has 0 heterocycles. The largest absolute Gasteiger partial charge is 0.352 e. The molecule has 1 amide bonds. The molecule has 2 nitrogen and oxygen atoms in total. The first-order valence-corrected chi connectivity index (χ1v) is 8.50. The van der Waals surface area contributed by atoms with Crippen LogP contribution in [-0.4, -0.2) is 12.5 Å². The maximum atomic E-state index is 12.3. The summed E-state index contributed by atoms with van der Waals surface area (Å²) in [5.74, 6) is 1.38. The van der Waals surface area contributed by atoms with E-state index >= 15 is 0 Å². The number of hydrogen-bond donors (Lipinski definition) is 1. The lowest BCUT2D eigenvalue weighted by molar-refractivity contribution is 0.0936. The lowest BCUT2D eigenvalue weighted by Gasteiger charge is -2.25. The summed E-state index contributed by atoms with van der Waals surface area (Å²) in [7, 11) is 0. The molecular weight excluding hydrogens is 408 g/mol. The van der Waals surface area contributed by atoms with Crippen LogP contribution in [0.25, 0.3) is 0 Å². The van der Waals surface area contributed by atoms with Crippen molar-refractivity contribution in [3.8, 4) is 0 Å². The highest BCUT2D eigenvalue weighted by molar-refractivity contribution is 14.1. The molecule has 0 saturated heterocycles. The van der Waals surface area contributed by atoms with Crippen LogP contribution in [0.4, 0.5) is 0 Å². The third kappa shape index (κ3) is 4.78. The molecule has 1 aromatic carbocycles. The number of carbonyl (C=O) groups excluding carboxylic acids is 1. The van der Waals surface area contributed by atoms with Crippen molar-refractivity contribution in [1.29, 1.82) is 0 Å². The van der Waals surface area contributed by atoms with Gasteiger partial charge < -0.3 is 5.32 Å².